The van der Waals surface area contributed by atoms with Crippen molar-refractivity contribution in [3.8, 4) is 0 Å². The van der Waals surface area contributed by atoms with Crippen molar-refractivity contribution in [1.29, 1.82) is 0 Å². The molecule has 0 amide bonds. The number of hydrogen-bond acceptors (Lipinski definition) is 3. The first-order valence-electron chi connectivity index (χ1n) is 11.3. The average molecular weight is 392 g/mol. The minimum Gasteiger partial charge on any atom is -0.385 e. The van der Waals surface area contributed by atoms with Crippen molar-refractivity contribution in [2.45, 2.75) is 63.4 Å². The molecule has 3 nitrogen and oxygen atoms in total. The van der Waals surface area contributed by atoms with E-state index in [4.69, 9.17) is 0 Å². The summed E-state index contributed by atoms with van der Waals surface area (Å²) in [6.45, 7) is 0. The Bertz CT molecular complexity index is 880. The number of rotatable bonds is 3. The van der Waals surface area contributed by atoms with E-state index >= 15 is 0 Å². The normalized spacial score (nSPS) is 35.9. The van der Waals surface area contributed by atoms with Crippen LogP contribution in [0.5, 0.6) is 0 Å². The van der Waals surface area contributed by atoms with Crippen molar-refractivity contribution in [3.05, 3.63) is 53.1 Å². The summed E-state index contributed by atoms with van der Waals surface area (Å²) in [7, 11) is 4.17. The van der Waals surface area contributed by atoms with E-state index in [0.29, 0.717) is 24.7 Å². The molecule has 0 heterocycles. The highest BCUT2D eigenvalue weighted by molar-refractivity contribution is 5.82. The Hall–Kier alpha value is -1.87. The van der Waals surface area contributed by atoms with Crippen molar-refractivity contribution >= 4 is 11.5 Å². The summed E-state index contributed by atoms with van der Waals surface area (Å²) in [4.78, 5) is 14.1. The Morgan fingerprint density at radius 3 is 2.66 bits per heavy atom. The second-order valence-corrected chi connectivity index (χ2v) is 10.1. The van der Waals surface area contributed by atoms with Crippen LogP contribution >= 0.6 is 0 Å². The summed E-state index contributed by atoms with van der Waals surface area (Å²) in [5.41, 5.74) is 4.89. The first kappa shape index (κ1) is 19.1. The highest BCUT2D eigenvalue weighted by Crippen LogP contribution is 2.60. The molecule has 154 valence electrons. The minimum atomic E-state index is -0.824. The highest BCUT2D eigenvalue weighted by Gasteiger charge is 2.52. The third kappa shape index (κ3) is 3.09. The predicted octanol–water partition coefficient (Wildman–Crippen LogP) is 4.84. The van der Waals surface area contributed by atoms with Crippen LogP contribution in [0.1, 0.15) is 56.9 Å². The molecule has 0 aliphatic heterocycles. The van der Waals surface area contributed by atoms with Gasteiger partial charge in [-0.25, -0.2) is 0 Å². The van der Waals surface area contributed by atoms with Crippen LogP contribution in [0.2, 0.25) is 0 Å². The first-order chi connectivity index (χ1) is 13.9. The summed E-state index contributed by atoms with van der Waals surface area (Å²) < 4.78 is 0. The molecule has 1 aromatic rings. The average Bonchev–Trinajstić information content (AvgIpc) is 3.11. The van der Waals surface area contributed by atoms with Crippen LogP contribution in [0.25, 0.3) is 0 Å². The van der Waals surface area contributed by atoms with Crippen LogP contribution in [0, 0.1) is 17.3 Å². The molecule has 2 saturated carbocycles. The molecule has 4 aliphatic carbocycles. The van der Waals surface area contributed by atoms with E-state index in [1.54, 1.807) is 0 Å². The Labute approximate surface area is 174 Å². The SMILES string of the molecule is CN(C)c1ccc(C[C@@]23C=CC[C@H]2[C@@H]2CC[C@@]4(O)CC(=O)CCC4=C2CC3)cc1. The molecule has 0 spiro atoms. The lowest BCUT2D eigenvalue weighted by molar-refractivity contribution is -0.125. The lowest BCUT2D eigenvalue weighted by atomic mass is 9.54. The largest absolute Gasteiger partial charge is 0.385 e. The topological polar surface area (TPSA) is 40.5 Å². The second-order valence-electron chi connectivity index (χ2n) is 10.1. The fourth-order valence-corrected chi connectivity index (χ4v) is 6.87. The van der Waals surface area contributed by atoms with E-state index in [0.717, 1.165) is 38.5 Å². The van der Waals surface area contributed by atoms with E-state index in [1.807, 2.05) is 0 Å². The Kier molecular flexibility index (Phi) is 4.51. The second kappa shape index (κ2) is 6.84. The number of Topliss-reactive ketones (excluding diaryl/α,β-unsaturated/α-hetero) is 1. The monoisotopic (exact) mass is 391 g/mol. The molecule has 29 heavy (non-hydrogen) atoms. The third-order valence-electron chi connectivity index (χ3n) is 8.32. The van der Waals surface area contributed by atoms with Gasteiger partial charge in [0.15, 0.2) is 0 Å². The van der Waals surface area contributed by atoms with Crippen molar-refractivity contribution < 1.29 is 9.90 Å². The van der Waals surface area contributed by atoms with Gasteiger partial charge in [-0.2, -0.15) is 0 Å². The molecule has 0 aromatic heterocycles. The lowest BCUT2D eigenvalue weighted by Crippen LogP contribution is -2.47. The van der Waals surface area contributed by atoms with E-state index in [9.17, 15) is 9.90 Å². The maximum Gasteiger partial charge on any atom is 0.136 e. The summed E-state index contributed by atoms with van der Waals surface area (Å²) >= 11 is 0. The van der Waals surface area contributed by atoms with Gasteiger partial charge in [-0.3, -0.25) is 4.79 Å². The number of carbonyl (C=O) groups is 1. The standard InChI is InChI=1S/C26H33NO2/c1-27(2)19-7-5-18(6-8-19)16-25-13-3-4-23(25)21-12-15-26(29)17-20(28)9-10-24(26)22(21)11-14-25/h3,5-8,13,21,23,29H,4,9-12,14-17H2,1-2H3/t21-,23+,25+,26-/m1/s1. The molecule has 4 atom stereocenters. The summed E-state index contributed by atoms with van der Waals surface area (Å²) in [5, 5.41) is 11.2. The minimum absolute atomic E-state index is 0.240. The van der Waals surface area contributed by atoms with Crippen LogP contribution in [-0.2, 0) is 11.2 Å². The molecule has 1 aromatic carbocycles. The Balaban J connectivity index is 1.43. The molecule has 3 heteroatoms. The van der Waals surface area contributed by atoms with Crippen LogP contribution in [0.15, 0.2) is 47.6 Å². The van der Waals surface area contributed by atoms with Crippen molar-refractivity contribution in [1.82, 2.24) is 0 Å². The van der Waals surface area contributed by atoms with E-state index in [1.165, 1.54) is 28.8 Å². The van der Waals surface area contributed by atoms with Crippen molar-refractivity contribution in [2.75, 3.05) is 19.0 Å². The van der Waals surface area contributed by atoms with E-state index in [-0.39, 0.29) is 11.2 Å². The summed E-state index contributed by atoms with van der Waals surface area (Å²) in [6.07, 6.45) is 13.0. The Morgan fingerprint density at radius 1 is 1.10 bits per heavy atom. The number of aliphatic hydroxyl groups is 1. The maximum absolute atomic E-state index is 12.0. The molecule has 4 aliphatic rings. The third-order valence-corrected chi connectivity index (χ3v) is 8.32. The number of nitrogens with zero attached hydrogens (tertiary/aromatic N) is 1. The zero-order valence-electron chi connectivity index (χ0n) is 17.8. The van der Waals surface area contributed by atoms with Crippen molar-refractivity contribution in [2.24, 2.45) is 17.3 Å². The van der Waals surface area contributed by atoms with Gasteiger partial charge in [0, 0.05) is 32.6 Å². The van der Waals surface area contributed by atoms with E-state index < -0.39 is 5.60 Å². The molecule has 0 radical (unpaired) electrons. The number of fused-ring (bicyclic) bond motifs is 4. The fourth-order valence-electron chi connectivity index (χ4n) is 6.87. The van der Waals surface area contributed by atoms with Crippen LogP contribution in [-0.4, -0.2) is 30.6 Å². The zero-order valence-corrected chi connectivity index (χ0v) is 17.8. The van der Waals surface area contributed by atoms with Gasteiger partial charge < -0.3 is 10.0 Å². The van der Waals surface area contributed by atoms with Gasteiger partial charge in [0.2, 0.25) is 0 Å². The zero-order chi connectivity index (χ0) is 20.2. The number of hydrogen-bond donors (Lipinski definition) is 1. The van der Waals surface area contributed by atoms with Gasteiger partial charge in [-0.15, -0.1) is 0 Å². The maximum atomic E-state index is 12.0. The van der Waals surface area contributed by atoms with Gasteiger partial charge >= 0.3 is 0 Å². The predicted molar refractivity (Wildman–Crippen MR) is 117 cm³/mol. The van der Waals surface area contributed by atoms with Gasteiger partial charge in [0.1, 0.15) is 5.78 Å². The van der Waals surface area contributed by atoms with Crippen molar-refractivity contribution in [3.63, 3.8) is 0 Å². The number of anilines is 1. The Morgan fingerprint density at radius 2 is 1.90 bits per heavy atom. The summed E-state index contributed by atoms with van der Waals surface area (Å²) in [5.74, 6) is 1.47. The molecule has 2 fully saturated rings. The number of allylic oxidation sites excluding steroid dienone is 3. The number of ketones is 1. The van der Waals surface area contributed by atoms with Crippen LogP contribution in [0.3, 0.4) is 0 Å². The summed E-state index contributed by atoms with van der Waals surface area (Å²) in [6, 6.07) is 9.06. The molecule has 0 bridgehead atoms. The molecular weight excluding hydrogens is 358 g/mol. The highest BCUT2D eigenvalue weighted by atomic mass is 16.3. The quantitative estimate of drug-likeness (QED) is 0.750. The smallest absolute Gasteiger partial charge is 0.136 e. The first-order valence-corrected chi connectivity index (χ1v) is 11.3. The van der Waals surface area contributed by atoms with Gasteiger partial charge in [-0.1, -0.05) is 29.9 Å². The van der Waals surface area contributed by atoms with Gasteiger partial charge in [0.05, 0.1) is 5.60 Å². The van der Waals surface area contributed by atoms with Crippen LogP contribution in [0.4, 0.5) is 5.69 Å². The number of benzene rings is 1. The lowest BCUT2D eigenvalue weighted by Gasteiger charge is -2.52. The van der Waals surface area contributed by atoms with E-state index in [2.05, 4.69) is 55.4 Å². The van der Waals surface area contributed by atoms with Gasteiger partial charge in [-0.05, 0) is 85.5 Å². The number of carbonyl (C=O) groups excluding carboxylic acids is 1. The molecule has 5 rings (SSSR count). The molecule has 0 saturated heterocycles. The fraction of sp³-hybridized carbons (Fsp3) is 0.577. The molecular formula is C26H33NO2. The molecule has 0 unspecified atom stereocenters. The van der Waals surface area contributed by atoms with Gasteiger partial charge in [0.25, 0.3) is 0 Å². The molecule has 1 N–H and O–H groups in total. The van der Waals surface area contributed by atoms with Crippen LogP contribution < -0.4 is 4.90 Å².